The lowest BCUT2D eigenvalue weighted by atomic mass is 10.1. The molecule has 0 saturated carbocycles. The van der Waals surface area contributed by atoms with Crippen LogP contribution in [-0.2, 0) is 17.9 Å². The average molecular weight is 240 g/mol. The number of fused-ring (bicyclic) bond motifs is 2. The number of aromatic nitrogens is 1. The molecule has 2 aromatic rings. The molecule has 0 fully saturated rings. The molecule has 0 N–H and O–H groups in total. The summed E-state index contributed by atoms with van der Waals surface area (Å²) in [4.78, 5) is 23.9. The second-order valence-corrected chi connectivity index (χ2v) is 4.32. The summed E-state index contributed by atoms with van der Waals surface area (Å²) < 4.78 is 1.95. The van der Waals surface area contributed by atoms with Crippen LogP contribution in [0.5, 0.6) is 0 Å². The lowest BCUT2D eigenvalue weighted by Crippen LogP contribution is -2.20. The van der Waals surface area contributed by atoms with E-state index < -0.39 is 0 Å². The van der Waals surface area contributed by atoms with Crippen LogP contribution in [0.25, 0.3) is 0 Å². The fourth-order valence-corrected chi connectivity index (χ4v) is 2.41. The summed E-state index contributed by atoms with van der Waals surface area (Å²) in [5.41, 5.74) is 3.57. The van der Waals surface area contributed by atoms with Crippen LogP contribution >= 0.6 is 0 Å². The summed E-state index contributed by atoms with van der Waals surface area (Å²) in [6.45, 7) is 1.12. The van der Waals surface area contributed by atoms with Gasteiger partial charge in [0.15, 0.2) is 6.29 Å². The van der Waals surface area contributed by atoms with Gasteiger partial charge in [-0.05, 0) is 23.8 Å². The third-order valence-electron chi connectivity index (χ3n) is 3.31. The Hall–Kier alpha value is -2.36. The second kappa shape index (κ2) is 4.14. The smallest absolute Gasteiger partial charge is 0.214 e. The minimum atomic E-state index is 0.494. The SMILES string of the molecule is O=Cc1ccc2n1Cc1ccccc1N(C=O)C2. The van der Waals surface area contributed by atoms with Crippen LogP contribution in [0.15, 0.2) is 36.4 Å². The Morgan fingerprint density at radius 3 is 2.61 bits per heavy atom. The van der Waals surface area contributed by atoms with Gasteiger partial charge in [0, 0.05) is 11.4 Å². The number of amides is 1. The van der Waals surface area contributed by atoms with Crippen molar-refractivity contribution in [2.45, 2.75) is 13.1 Å². The van der Waals surface area contributed by atoms with E-state index in [1.807, 2.05) is 34.9 Å². The number of nitrogens with zero attached hydrogens (tertiary/aromatic N) is 2. The molecule has 1 aliphatic rings. The molecule has 0 atom stereocenters. The number of benzene rings is 1. The Morgan fingerprint density at radius 2 is 1.83 bits per heavy atom. The highest BCUT2D eigenvalue weighted by Gasteiger charge is 2.19. The number of rotatable bonds is 2. The summed E-state index contributed by atoms with van der Waals surface area (Å²) in [6, 6.07) is 11.4. The van der Waals surface area contributed by atoms with E-state index >= 15 is 0 Å². The van der Waals surface area contributed by atoms with Gasteiger partial charge >= 0.3 is 0 Å². The van der Waals surface area contributed by atoms with Crippen molar-refractivity contribution in [2.75, 3.05) is 4.90 Å². The number of hydrogen-bond acceptors (Lipinski definition) is 2. The number of para-hydroxylation sites is 1. The van der Waals surface area contributed by atoms with Gasteiger partial charge in [0.2, 0.25) is 6.41 Å². The Balaban J connectivity index is 2.18. The molecule has 0 spiro atoms. The zero-order valence-corrected chi connectivity index (χ0v) is 9.74. The number of carbonyl (C=O) groups excluding carboxylic acids is 2. The first-order chi connectivity index (χ1) is 8.83. The van der Waals surface area contributed by atoms with E-state index in [9.17, 15) is 9.59 Å². The van der Waals surface area contributed by atoms with Crippen LogP contribution in [-0.4, -0.2) is 17.3 Å². The van der Waals surface area contributed by atoms with Crippen LogP contribution in [0.3, 0.4) is 0 Å². The number of anilines is 1. The molecule has 3 rings (SSSR count). The molecule has 0 bridgehead atoms. The van der Waals surface area contributed by atoms with Gasteiger partial charge < -0.3 is 9.47 Å². The van der Waals surface area contributed by atoms with Gasteiger partial charge in [-0.1, -0.05) is 18.2 Å². The molecule has 0 unspecified atom stereocenters. The first-order valence-corrected chi connectivity index (χ1v) is 5.77. The molecular formula is C14H12N2O2. The molecule has 90 valence electrons. The first kappa shape index (κ1) is 10.8. The quantitative estimate of drug-likeness (QED) is 0.751. The van der Waals surface area contributed by atoms with Gasteiger partial charge in [0.05, 0.1) is 18.8 Å². The Bertz CT molecular complexity index is 616. The van der Waals surface area contributed by atoms with Crippen molar-refractivity contribution in [1.82, 2.24) is 4.57 Å². The molecule has 1 amide bonds. The second-order valence-electron chi connectivity index (χ2n) is 4.32. The molecule has 4 nitrogen and oxygen atoms in total. The van der Waals surface area contributed by atoms with Gasteiger partial charge in [-0.15, -0.1) is 0 Å². The van der Waals surface area contributed by atoms with Crippen molar-refractivity contribution >= 4 is 18.4 Å². The fraction of sp³-hybridized carbons (Fsp3) is 0.143. The molecule has 0 saturated heterocycles. The van der Waals surface area contributed by atoms with Crippen molar-refractivity contribution in [1.29, 1.82) is 0 Å². The average Bonchev–Trinajstić information content (AvgIpc) is 2.71. The Morgan fingerprint density at radius 1 is 1.00 bits per heavy atom. The number of hydrogen-bond donors (Lipinski definition) is 0. The molecule has 2 heterocycles. The standard InChI is InChI=1S/C14H12N2O2/c17-9-13-6-5-12-8-15(10-18)14-4-2-1-3-11(14)7-16(12)13/h1-6,9-10H,7-8H2. The molecule has 0 aliphatic carbocycles. The third kappa shape index (κ3) is 1.54. The van der Waals surface area contributed by atoms with Gasteiger partial charge in [0.1, 0.15) is 0 Å². The van der Waals surface area contributed by atoms with Crippen LogP contribution in [0.2, 0.25) is 0 Å². The number of carbonyl (C=O) groups is 2. The summed E-state index contributed by atoms with van der Waals surface area (Å²) in [5, 5.41) is 0. The predicted molar refractivity (Wildman–Crippen MR) is 67.6 cm³/mol. The summed E-state index contributed by atoms with van der Waals surface area (Å²) in [7, 11) is 0. The van der Waals surface area contributed by atoms with Crippen LogP contribution < -0.4 is 4.90 Å². The monoisotopic (exact) mass is 240 g/mol. The highest BCUT2D eigenvalue weighted by atomic mass is 16.1. The van der Waals surface area contributed by atoms with Crippen molar-refractivity contribution in [3.63, 3.8) is 0 Å². The van der Waals surface area contributed by atoms with E-state index in [-0.39, 0.29) is 0 Å². The lowest BCUT2D eigenvalue weighted by Gasteiger charge is -2.16. The first-order valence-electron chi connectivity index (χ1n) is 5.77. The summed E-state index contributed by atoms with van der Waals surface area (Å²) >= 11 is 0. The fourth-order valence-electron chi connectivity index (χ4n) is 2.41. The largest absolute Gasteiger partial charge is 0.336 e. The minimum absolute atomic E-state index is 0.494. The molecule has 18 heavy (non-hydrogen) atoms. The zero-order chi connectivity index (χ0) is 12.5. The van der Waals surface area contributed by atoms with E-state index in [4.69, 9.17) is 0 Å². The van der Waals surface area contributed by atoms with Crippen LogP contribution in [0.1, 0.15) is 21.7 Å². The summed E-state index contributed by atoms with van der Waals surface area (Å²) in [6.07, 6.45) is 1.69. The summed E-state index contributed by atoms with van der Waals surface area (Å²) in [5.74, 6) is 0. The van der Waals surface area contributed by atoms with Crippen molar-refractivity contribution in [3.8, 4) is 0 Å². The van der Waals surface area contributed by atoms with E-state index in [1.54, 1.807) is 11.0 Å². The lowest BCUT2D eigenvalue weighted by molar-refractivity contribution is -0.107. The molecule has 4 heteroatoms. The van der Waals surface area contributed by atoms with Crippen LogP contribution in [0.4, 0.5) is 5.69 Å². The molecule has 1 aromatic carbocycles. The van der Waals surface area contributed by atoms with E-state index in [1.165, 1.54) is 0 Å². The molecule has 1 aliphatic heterocycles. The normalized spacial score (nSPS) is 13.4. The van der Waals surface area contributed by atoms with E-state index in [0.717, 1.165) is 29.6 Å². The van der Waals surface area contributed by atoms with Crippen molar-refractivity contribution < 1.29 is 9.59 Å². The maximum absolute atomic E-state index is 11.2. The Kier molecular flexibility index (Phi) is 2.48. The van der Waals surface area contributed by atoms with E-state index in [2.05, 4.69) is 0 Å². The number of aldehydes is 1. The third-order valence-corrected chi connectivity index (χ3v) is 3.31. The Labute approximate surface area is 104 Å². The van der Waals surface area contributed by atoms with Gasteiger partial charge in [0.25, 0.3) is 0 Å². The van der Waals surface area contributed by atoms with Crippen molar-refractivity contribution in [2.24, 2.45) is 0 Å². The van der Waals surface area contributed by atoms with Crippen molar-refractivity contribution in [3.05, 3.63) is 53.3 Å². The molecule has 1 aromatic heterocycles. The minimum Gasteiger partial charge on any atom is -0.336 e. The zero-order valence-electron chi connectivity index (χ0n) is 9.74. The van der Waals surface area contributed by atoms with Gasteiger partial charge in [-0.2, -0.15) is 0 Å². The highest BCUT2D eigenvalue weighted by Crippen LogP contribution is 2.27. The molecule has 0 radical (unpaired) electrons. The highest BCUT2D eigenvalue weighted by molar-refractivity contribution is 5.78. The molecular weight excluding hydrogens is 228 g/mol. The van der Waals surface area contributed by atoms with Gasteiger partial charge in [-0.3, -0.25) is 9.59 Å². The van der Waals surface area contributed by atoms with Gasteiger partial charge in [-0.25, -0.2) is 0 Å². The maximum atomic E-state index is 11.2. The maximum Gasteiger partial charge on any atom is 0.214 e. The predicted octanol–water partition coefficient (Wildman–Crippen LogP) is 1.83. The van der Waals surface area contributed by atoms with E-state index in [0.29, 0.717) is 18.8 Å². The topological polar surface area (TPSA) is 42.3 Å². The van der Waals surface area contributed by atoms with Crippen LogP contribution in [0, 0.1) is 0 Å².